The monoisotopic (exact) mass is 304 g/mol. The maximum atomic E-state index is 12.4. The molecule has 0 bridgehead atoms. The first-order chi connectivity index (χ1) is 9.78. The highest BCUT2D eigenvalue weighted by Crippen LogP contribution is 2.43. The molecule has 1 saturated carbocycles. The minimum Gasteiger partial charge on any atom is -0.497 e. The summed E-state index contributed by atoms with van der Waals surface area (Å²) in [5, 5.41) is 0. The van der Waals surface area contributed by atoms with E-state index in [1.165, 1.54) is 4.24 Å². The number of hydrogen-bond donors (Lipinski definition) is 0. The van der Waals surface area contributed by atoms with Crippen LogP contribution >= 0.6 is 23.5 Å². The van der Waals surface area contributed by atoms with Crippen molar-refractivity contribution in [2.24, 2.45) is 0 Å². The normalized spacial score (nSPS) is 21.1. The molecule has 1 heterocycles. The molecule has 1 aromatic carbocycles. The van der Waals surface area contributed by atoms with E-state index in [2.05, 4.69) is 0 Å². The van der Waals surface area contributed by atoms with Gasteiger partial charge in [0.1, 0.15) is 5.75 Å². The largest absolute Gasteiger partial charge is 0.497 e. The van der Waals surface area contributed by atoms with Crippen molar-refractivity contribution in [2.75, 3.05) is 18.6 Å². The molecular formula is C16H16O2S2. The fourth-order valence-corrected chi connectivity index (χ4v) is 5.01. The average Bonchev–Trinajstić information content (AvgIpc) is 3.11. The van der Waals surface area contributed by atoms with Gasteiger partial charge in [0.25, 0.3) is 0 Å². The molecule has 2 fully saturated rings. The van der Waals surface area contributed by atoms with Crippen molar-refractivity contribution in [1.82, 2.24) is 0 Å². The minimum absolute atomic E-state index is 0.248. The number of carbonyl (C=O) groups excluding carboxylic acids is 1. The molecule has 0 amide bonds. The molecule has 0 atom stereocenters. The van der Waals surface area contributed by atoms with E-state index in [1.54, 1.807) is 7.11 Å². The molecule has 0 aromatic heterocycles. The Bertz CT molecular complexity index is 577. The first-order valence-corrected chi connectivity index (χ1v) is 8.63. The number of methoxy groups -OCH3 is 1. The Labute approximate surface area is 127 Å². The van der Waals surface area contributed by atoms with Crippen LogP contribution in [0.2, 0.25) is 0 Å². The third kappa shape index (κ3) is 2.81. The van der Waals surface area contributed by atoms with Crippen LogP contribution in [-0.2, 0) is 4.79 Å². The van der Waals surface area contributed by atoms with Gasteiger partial charge in [-0.05, 0) is 36.6 Å². The molecule has 1 aliphatic heterocycles. The molecule has 4 heteroatoms. The summed E-state index contributed by atoms with van der Waals surface area (Å²) in [4.78, 5) is 12.4. The zero-order valence-electron chi connectivity index (χ0n) is 11.3. The molecule has 104 valence electrons. The lowest BCUT2D eigenvalue weighted by Crippen LogP contribution is -1.96. The summed E-state index contributed by atoms with van der Waals surface area (Å²) >= 11 is 3.67. The Hall–Kier alpha value is -1.13. The van der Waals surface area contributed by atoms with Crippen molar-refractivity contribution in [2.45, 2.75) is 12.8 Å². The van der Waals surface area contributed by atoms with Crippen molar-refractivity contribution in [1.29, 1.82) is 0 Å². The van der Waals surface area contributed by atoms with E-state index in [1.807, 2.05) is 53.9 Å². The fourth-order valence-electron chi connectivity index (χ4n) is 2.40. The van der Waals surface area contributed by atoms with E-state index in [0.717, 1.165) is 46.8 Å². The van der Waals surface area contributed by atoms with Crippen molar-refractivity contribution in [3.63, 3.8) is 0 Å². The van der Waals surface area contributed by atoms with E-state index >= 15 is 0 Å². The molecule has 1 saturated heterocycles. The topological polar surface area (TPSA) is 26.3 Å². The van der Waals surface area contributed by atoms with Gasteiger partial charge in [0.2, 0.25) is 0 Å². The first-order valence-electron chi connectivity index (χ1n) is 6.66. The zero-order valence-corrected chi connectivity index (χ0v) is 13.0. The van der Waals surface area contributed by atoms with Crippen molar-refractivity contribution in [3.8, 4) is 5.75 Å². The molecule has 2 aliphatic rings. The maximum absolute atomic E-state index is 12.4. The van der Waals surface area contributed by atoms with Gasteiger partial charge in [0, 0.05) is 26.9 Å². The Balaban J connectivity index is 1.82. The van der Waals surface area contributed by atoms with Crippen LogP contribution in [0, 0.1) is 0 Å². The molecule has 1 aromatic rings. The van der Waals surface area contributed by atoms with Crippen molar-refractivity contribution < 1.29 is 9.53 Å². The lowest BCUT2D eigenvalue weighted by molar-refractivity contribution is -0.111. The highest BCUT2D eigenvalue weighted by Gasteiger charge is 2.28. The second kappa shape index (κ2) is 6.10. The molecule has 0 radical (unpaired) electrons. The number of rotatable bonds is 2. The number of thioether (sulfide) groups is 2. The van der Waals surface area contributed by atoms with Crippen LogP contribution in [0.1, 0.15) is 18.4 Å². The van der Waals surface area contributed by atoms with E-state index in [-0.39, 0.29) is 5.78 Å². The average molecular weight is 304 g/mol. The second-order valence-corrected chi connectivity index (χ2v) is 7.20. The lowest BCUT2D eigenvalue weighted by Gasteiger charge is -2.01. The quantitative estimate of drug-likeness (QED) is 0.767. The van der Waals surface area contributed by atoms with Crippen LogP contribution < -0.4 is 4.74 Å². The predicted octanol–water partition coefficient (Wildman–Crippen LogP) is 4.13. The van der Waals surface area contributed by atoms with Gasteiger partial charge in [-0.25, -0.2) is 0 Å². The smallest absolute Gasteiger partial charge is 0.186 e. The number of allylic oxidation sites excluding steroid dienone is 2. The summed E-state index contributed by atoms with van der Waals surface area (Å²) in [7, 11) is 1.66. The Morgan fingerprint density at radius 3 is 2.45 bits per heavy atom. The van der Waals surface area contributed by atoms with E-state index < -0.39 is 0 Å². The summed E-state index contributed by atoms with van der Waals surface area (Å²) in [6, 6.07) is 7.83. The molecule has 0 unspecified atom stereocenters. The zero-order chi connectivity index (χ0) is 13.9. The molecule has 3 rings (SSSR count). The number of ketones is 1. The molecule has 1 aliphatic carbocycles. The predicted molar refractivity (Wildman–Crippen MR) is 87.2 cm³/mol. The molecule has 0 N–H and O–H groups in total. The summed E-state index contributed by atoms with van der Waals surface area (Å²) in [6.45, 7) is 0. The van der Waals surface area contributed by atoms with Crippen LogP contribution in [0.15, 0.2) is 39.6 Å². The van der Waals surface area contributed by atoms with Crippen LogP contribution in [0.5, 0.6) is 5.75 Å². The standard InChI is InChI=1S/C16H16O2S2/c1-18-13-5-2-11(3-6-13)10-12-4-7-14(15(12)17)16-19-8-9-20-16/h2-3,5-6,10H,4,7-9H2,1H3/b12-10+. The Morgan fingerprint density at radius 2 is 1.80 bits per heavy atom. The van der Waals surface area contributed by atoms with Gasteiger partial charge in [-0.2, -0.15) is 0 Å². The summed E-state index contributed by atoms with van der Waals surface area (Å²) in [5.41, 5.74) is 3.04. The fraction of sp³-hybridized carbons (Fsp3) is 0.312. The second-order valence-electron chi connectivity index (χ2n) is 4.73. The minimum atomic E-state index is 0.248. The summed E-state index contributed by atoms with van der Waals surface area (Å²) < 4.78 is 6.40. The van der Waals surface area contributed by atoms with Crippen LogP contribution in [0.4, 0.5) is 0 Å². The van der Waals surface area contributed by atoms with E-state index in [4.69, 9.17) is 4.74 Å². The maximum Gasteiger partial charge on any atom is 0.186 e. The number of hydrogen-bond acceptors (Lipinski definition) is 4. The summed E-state index contributed by atoms with van der Waals surface area (Å²) in [6.07, 6.45) is 3.78. The van der Waals surface area contributed by atoms with Gasteiger partial charge in [-0.1, -0.05) is 12.1 Å². The van der Waals surface area contributed by atoms with Crippen LogP contribution in [-0.4, -0.2) is 24.4 Å². The van der Waals surface area contributed by atoms with Gasteiger partial charge >= 0.3 is 0 Å². The Kier molecular flexibility index (Phi) is 4.22. The van der Waals surface area contributed by atoms with Gasteiger partial charge in [0.05, 0.1) is 7.11 Å². The van der Waals surface area contributed by atoms with Crippen molar-refractivity contribution in [3.05, 3.63) is 45.2 Å². The van der Waals surface area contributed by atoms with Gasteiger partial charge in [-0.15, -0.1) is 23.5 Å². The SMILES string of the molecule is COc1ccc(/C=C2\CCC(=C3SCCS3)C2=O)cc1. The lowest BCUT2D eigenvalue weighted by atomic mass is 10.1. The third-order valence-corrected chi connectivity index (χ3v) is 6.26. The third-order valence-electron chi connectivity index (χ3n) is 3.46. The molecule has 0 spiro atoms. The number of Topliss-reactive ketones (excluding diaryl/α,β-unsaturated/α-hetero) is 1. The van der Waals surface area contributed by atoms with Gasteiger partial charge in [-0.3, -0.25) is 4.79 Å². The van der Waals surface area contributed by atoms with E-state index in [9.17, 15) is 4.79 Å². The van der Waals surface area contributed by atoms with Gasteiger partial charge < -0.3 is 4.74 Å². The van der Waals surface area contributed by atoms with Gasteiger partial charge in [0.15, 0.2) is 5.78 Å². The highest BCUT2D eigenvalue weighted by molar-refractivity contribution is 8.25. The van der Waals surface area contributed by atoms with Crippen LogP contribution in [0.3, 0.4) is 0 Å². The Morgan fingerprint density at radius 1 is 1.10 bits per heavy atom. The molecule has 20 heavy (non-hydrogen) atoms. The highest BCUT2D eigenvalue weighted by atomic mass is 32.2. The number of carbonyl (C=O) groups is 1. The van der Waals surface area contributed by atoms with E-state index in [0.29, 0.717) is 0 Å². The first kappa shape index (κ1) is 13.8. The summed E-state index contributed by atoms with van der Waals surface area (Å²) in [5.74, 6) is 3.35. The van der Waals surface area contributed by atoms with Crippen LogP contribution in [0.25, 0.3) is 6.08 Å². The molecular weight excluding hydrogens is 288 g/mol. The molecule has 2 nitrogen and oxygen atoms in total. The number of ether oxygens (including phenoxy) is 1. The van der Waals surface area contributed by atoms with Crippen molar-refractivity contribution >= 4 is 35.4 Å². The number of benzene rings is 1.